The van der Waals surface area contributed by atoms with E-state index in [-0.39, 0.29) is 0 Å². The van der Waals surface area contributed by atoms with Crippen LogP contribution in [0.1, 0.15) is 35.7 Å². The summed E-state index contributed by atoms with van der Waals surface area (Å²) in [5, 5.41) is 5.01. The van der Waals surface area contributed by atoms with E-state index in [2.05, 4.69) is 40.1 Å². The summed E-state index contributed by atoms with van der Waals surface area (Å²) >= 11 is 1.72. The van der Waals surface area contributed by atoms with E-state index in [4.69, 9.17) is 9.51 Å². The molecular weight excluding hydrogens is 306 g/mol. The molecule has 1 aromatic carbocycles. The quantitative estimate of drug-likeness (QED) is 0.669. The highest BCUT2D eigenvalue weighted by Gasteiger charge is 2.21. The van der Waals surface area contributed by atoms with Crippen LogP contribution >= 0.6 is 11.8 Å². The highest BCUT2D eigenvalue weighted by molar-refractivity contribution is 7.98. The Morgan fingerprint density at radius 1 is 1.17 bits per heavy atom. The second-order valence-electron chi connectivity index (χ2n) is 5.89. The van der Waals surface area contributed by atoms with Crippen LogP contribution in [0.15, 0.2) is 46.1 Å². The predicted molar refractivity (Wildman–Crippen MR) is 91.0 cm³/mol. The van der Waals surface area contributed by atoms with Gasteiger partial charge in [0.15, 0.2) is 5.16 Å². The number of benzene rings is 1. The third-order valence-corrected chi connectivity index (χ3v) is 5.10. The van der Waals surface area contributed by atoms with E-state index in [0.29, 0.717) is 0 Å². The fourth-order valence-electron chi connectivity index (χ4n) is 3.08. The first-order valence-electron chi connectivity index (χ1n) is 8.02. The summed E-state index contributed by atoms with van der Waals surface area (Å²) in [4.78, 5) is 4.91. The first-order valence-corrected chi connectivity index (χ1v) is 9.01. The number of rotatable bonds is 4. The molecule has 2 aromatic heterocycles. The van der Waals surface area contributed by atoms with Gasteiger partial charge in [0.2, 0.25) is 0 Å². The molecule has 0 unspecified atom stereocenters. The zero-order chi connectivity index (χ0) is 15.6. The van der Waals surface area contributed by atoms with E-state index in [0.717, 1.165) is 35.2 Å². The zero-order valence-electron chi connectivity index (χ0n) is 13.2. The largest absolute Gasteiger partial charge is 0.360 e. The van der Waals surface area contributed by atoms with Gasteiger partial charge in [-0.25, -0.2) is 4.98 Å². The Morgan fingerprint density at radius 3 is 2.78 bits per heavy atom. The minimum atomic E-state index is 0.754. The topological polar surface area (TPSA) is 43.9 Å². The van der Waals surface area contributed by atoms with Gasteiger partial charge in [0.25, 0.3) is 0 Å². The van der Waals surface area contributed by atoms with Gasteiger partial charge in [-0.05, 0) is 44.7 Å². The maximum absolute atomic E-state index is 5.33. The van der Waals surface area contributed by atoms with Crippen molar-refractivity contribution in [1.29, 1.82) is 0 Å². The molecule has 0 atom stereocenters. The Bertz CT molecular complexity index is 807. The number of nitrogens with zero attached hydrogens (tertiary/aromatic N) is 3. The molecule has 0 fully saturated rings. The fourth-order valence-corrected chi connectivity index (χ4v) is 4.00. The van der Waals surface area contributed by atoms with Crippen LogP contribution in [0.2, 0.25) is 0 Å². The van der Waals surface area contributed by atoms with Gasteiger partial charge in [-0.1, -0.05) is 35.1 Å². The molecule has 0 spiro atoms. The lowest BCUT2D eigenvalue weighted by atomic mass is 10.0. The van der Waals surface area contributed by atoms with Crippen LogP contribution in [-0.2, 0) is 18.6 Å². The lowest BCUT2D eigenvalue weighted by Gasteiger charge is -2.15. The molecule has 0 bridgehead atoms. The van der Waals surface area contributed by atoms with Gasteiger partial charge in [-0.3, -0.25) is 4.57 Å². The summed E-state index contributed by atoms with van der Waals surface area (Å²) in [6.07, 6.45) is 4.69. The second-order valence-corrected chi connectivity index (χ2v) is 6.83. The molecule has 1 aliphatic rings. The molecule has 4 nitrogen and oxygen atoms in total. The minimum Gasteiger partial charge on any atom is -0.360 e. The van der Waals surface area contributed by atoms with Crippen LogP contribution in [0, 0.1) is 6.92 Å². The number of aromatic nitrogens is 3. The highest BCUT2D eigenvalue weighted by Crippen LogP contribution is 2.32. The SMILES string of the molecule is Cc1cc(CSc2nc3c(n2-c2ccccc2)CCCC3)on1. The van der Waals surface area contributed by atoms with E-state index >= 15 is 0 Å². The van der Waals surface area contributed by atoms with E-state index in [1.807, 2.05) is 13.0 Å². The third kappa shape index (κ3) is 2.93. The number of fused-ring (bicyclic) bond motifs is 1. The zero-order valence-corrected chi connectivity index (χ0v) is 14.0. The van der Waals surface area contributed by atoms with E-state index in [9.17, 15) is 0 Å². The van der Waals surface area contributed by atoms with Gasteiger partial charge in [-0.2, -0.15) is 0 Å². The molecule has 5 heteroatoms. The Balaban J connectivity index is 1.69. The van der Waals surface area contributed by atoms with Crippen molar-refractivity contribution in [3.05, 3.63) is 59.2 Å². The molecule has 4 rings (SSSR count). The highest BCUT2D eigenvalue weighted by atomic mass is 32.2. The Labute approximate surface area is 139 Å². The van der Waals surface area contributed by atoms with Gasteiger partial charge in [0.05, 0.1) is 17.1 Å². The van der Waals surface area contributed by atoms with Crippen molar-refractivity contribution in [2.45, 2.75) is 43.5 Å². The Morgan fingerprint density at radius 2 is 2.00 bits per heavy atom. The van der Waals surface area contributed by atoms with Gasteiger partial charge in [0, 0.05) is 17.4 Å². The van der Waals surface area contributed by atoms with Crippen LogP contribution < -0.4 is 0 Å². The summed E-state index contributed by atoms with van der Waals surface area (Å²) in [6, 6.07) is 12.5. The van der Waals surface area contributed by atoms with Gasteiger partial charge in [0.1, 0.15) is 5.76 Å². The van der Waals surface area contributed by atoms with Gasteiger partial charge in [-0.15, -0.1) is 0 Å². The fraction of sp³-hybridized carbons (Fsp3) is 0.333. The molecule has 0 amide bonds. The van der Waals surface area contributed by atoms with Crippen molar-refractivity contribution in [1.82, 2.24) is 14.7 Å². The number of hydrogen-bond donors (Lipinski definition) is 0. The minimum absolute atomic E-state index is 0.754. The van der Waals surface area contributed by atoms with E-state index < -0.39 is 0 Å². The van der Waals surface area contributed by atoms with Crippen molar-refractivity contribution in [3.63, 3.8) is 0 Å². The maximum atomic E-state index is 5.33. The van der Waals surface area contributed by atoms with Crippen molar-refractivity contribution >= 4 is 11.8 Å². The molecule has 0 N–H and O–H groups in total. The normalized spacial score (nSPS) is 14.0. The van der Waals surface area contributed by atoms with Crippen LogP contribution in [0.5, 0.6) is 0 Å². The summed E-state index contributed by atoms with van der Waals surface area (Å²) in [7, 11) is 0. The smallest absolute Gasteiger partial charge is 0.173 e. The van der Waals surface area contributed by atoms with Crippen LogP contribution in [0.3, 0.4) is 0 Å². The predicted octanol–water partition coefficient (Wildman–Crippen LogP) is 4.34. The Kier molecular flexibility index (Phi) is 3.95. The second kappa shape index (κ2) is 6.24. The summed E-state index contributed by atoms with van der Waals surface area (Å²) in [5.74, 6) is 1.65. The van der Waals surface area contributed by atoms with Crippen LogP contribution in [-0.4, -0.2) is 14.7 Å². The first-order chi connectivity index (χ1) is 11.3. The number of hydrogen-bond acceptors (Lipinski definition) is 4. The van der Waals surface area contributed by atoms with E-state index in [1.165, 1.54) is 29.9 Å². The standard InChI is InChI=1S/C18H19N3OS/c1-13-11-15(22-20-13)12-23-18-19-16-9-5-6-10-17(16)21(18)14-7-3-2-4-8-14/h2-4,7-8,11H,5-6,9-10,12H2,1H3. The van der Waals surface area contributed by atoms with Crippen molar-refractivity contribution in [2.75, 3.05) is 0 Å². The molecule has 0 saturated carbocycles. The molecule has 2 heterocycles. The number of para-hydroxylation sites is 1. The third-order valence-electron chi connectivity index (χ3n) is 4.14. The van der Waals surface area contributed by atoms with Crippen LogP contribution in [0.25, 0.3) is 5.69 Å². The van der Waals surface area contributed by atoms with Crippen molar-refractivity contribution in [2.24, 2.45) is 0 Å². The number of thioether (sulfide) groups is 1. The van der Waals surface area contributed by atoms with Gasteiger partial charge >= 0.3 is 0 Å². The van der Waals surface area contributed by atoms with Gasteiger partial charge < -0.3 is 4.52 Å². The van der Waals surface area contributed by atoms with Crippen LogP contribution in [0.4, 0.5) is 0 Å². The van der Waals surface area contributed by atoms with Crippen molar-refractivity contribution in [3.8, 4) is 5.69 Å². The molecule has 0 radical (unpaired) electrons. The maximum Gasteiger partial charge on any atom is 0.173 e. The molecular formula is C18H19N3OS. The number of imidazole rings is 1. The monoisotopic (exact) mass is 325 g/mol. The molecule has 0 saturated heterocycles. The molecule has 3 aromatic rings. The lowest BCUT2D eigenvalue weighted by molar-refractivity contribution is 0.391. The Hall–Kier alpha value is -2.01. The number of aryl methyl sites for hydroxylation is 2. The van der Waals surface area contributed by atoms with Crippen molar-refractivity contribution < 1.29 is 4.52 Å². The summed E-state index contributed by atoms with van der Waals surface area (Å²) in [6.45, 7) is 1.95. The molecule has 0 aliphatic heterocycles. The molecule has 1 aliphatic carbocycles. The summed E-state index contributed by atoms with van der Waals surface area (Å²) < 4.78 is 7.65. The average Bonchev–Trinajstić information content (AvgIpc) is 3.16. The molecule has 23 heavy (non-hydrogen) atoms. The first kappa shape index (κ1) is 14.6. The molecule has 118 valence electrons. The van der Waals surface area contributed by atoms with E-state index in [1.54, 1.807) is 11.8 Å². The summed E-state index contributed by atoms with van der Waals surface area (Å²) in [5.41, 5.74) is 4.75. The lowest BCUT2D eigenvalue weighted by Crippen LogP contribution is -2.07. The average molecular weight is 325 g/mol.